The summed E-state index contributed by atoms with van der Waals surface area (Å²) in [7, 11) is 0. The summed E-state index contributed by atoms with van der Waals surface area (Å²) < 4.78 is 44.3. The van der Waals surface area contributed by atoms with Crippen LogP contribution >= 0.6 is 11.6 Å². The van der Waals surface area contributed by atoms with Crippen LogP contribution in [0, 0.1) is 10.1 Å². The van der Waals surface area contributed by atoms with E-state index in [4.69, 9.17) is 16.0 Å². The summed E-state index contributed by atoms with van der Waals surface area (Å²) in [6, 6.07) is 7.48. The molecule has 4 rings (SSSR count). The molecule has 0 bridgehead atoms. The van der Waals surface area contributed by atoms with Gasteiger partial charge in [0.25, 0.3) is 11.2 Å². The first-order chi connectivity index (χ1) is 14.6. The molecule has 12 heteroatoms. The van der Waals surface area contributed by atoms with Crippen molar-refractivity contribution in [2.45, 2.75) is 25.7 Å². The highest BCUT2D eigenvalue weighted by molar-refractivity contribution is 6.30. The highest BCUT2D eigenvalue weighted by Crippen LogP contribution is 2.34. The summed E-state index contributed by atoms with van der Waals surface area (Å²) in [4.78, 5) is 30.0. The summed E-state index contributed by atoms with van der Waals surface area (Å²) in [6.07, 6.45) is -4.54. The average molecular weight is 455 g/mol. The van der Waals surface area contributed by atoms with Crippen LogP contribution in [0.3, 0.4) is 0 Å². The molecule has 31 heavy (non-hydrogen) atoms. The Morgan fingerprint density at radius 3 is 2.77 bits per heavy atom. The highest BCUT2D eigenvalue weighted by atomic mass is 35.5. The van der Waals surface area contributed by atoms with Gasteiger partial charge in [0, 0.05) is 30.6 Å². The molecule has 2 aromatic heterocycles. The van der Waals surface area contributed by atoms with Crippen molar-refractivity contribution in [3.63, 3.8) is 0 Å². The van der Waals surface area contributed by atoms with Crippen LogP contribution < -0.4 is 5.56 Å². The molecule has 8 nitrogen and oxygen atoms in total. The van der Waals surface area contributed by atoms with E-state index in [1.165, 1.54) is 18.2 Å². The zero-order chi connectivity index (χ0) is 22.3. The van der Waals surface area contributed by atoms with Crippen molar-refractivity contribution in [1.29, 1.82) is 0 Å². The van der Waals surface area contributed by atoms with Gasteiger partial charge in [-0.05, 0) is 24.3 Å². The molecular formula is C19H14ClF3N4O4. The number of nitro groups is 1. The number of aromatic nitrogens is 2. The van der Waals surface area contributed by atoms with Gasteiger partial charge in [-0.15, -0.1) is 0 Å². The van der Waals surface area contributed by atoms with Crippen LogP contribution in [0.2, 0.25) is 5.02 Å². The fraction of sp³-hybridized carbons (Fsp3) is 0.263. The lowest BCUT2D eigenvalue weighted by molar-refractivity contribution is -0.384. The molecule has 1 aliphatic rings. The molecular weight excluding hydrogens is 441 g/mol. The molecule has 3 heterocycles. The Morgan fingerprint density at radius 1 is 1.29 bits per heavy atom. The molecule has 1 aliphatic heterocycles. The van der Waals surface area contributed by atoms with Crippen LogP contribution in [0.15, 0.2) is 39.5 Å². The lowest BCUT2D eigenvalue weighted by Crippen LogP contribution is -2.36. The number of hydrogen-bond acceptors (Lipinski definition) is 6. The zero-order valence-corrected chi connectivity index (χ0v) is 16.5. The van der Waals surface area contributed by atoms with Crippen LogP contribution in [-0.2, 0) is 25.7 Å². The van der Waals surface area contributed by atoms with Crippen molar-refractivity contribution in [2.75, 3.05) is 6.54 Å². The van der Waals surface area contributed by atoms with Crippen molar-refractivity contribution in [3.8, 4) is 11.3 Å². The van der Waals surface area contributed by atoms with Gasteiger partial charge in [0.05, 0.1) is 28.3 Å². The van der Waals surface area contributed by atoms with Crippen molar-refractivity contribution in [1.82, 2.24) is 14.9 Å². The maximum atomic E-state index is 12.8. The average Bonchev–Trinajstić information content (AvgIpc) is 3.15. The Balaban J connectivity index is 1.54. The number of H-pyrrole nitrogens is 1. The molecule has 0 saturated heterocycles. The predicted molar refractivity (Wildman–Crippen MR) is 103 cm³/mol. The third-order valence-corrected chi connectivity index (χ3v) is 5.11. The van der Waals surface area contributed by atoms with Gasteiger partial charge < -0.3 is 9.40 Å². The second-order valence-electron chi connectivity index (χ2n) is 6.98. The molecule has 0 aliphatic carbocycles. The third kappa shape index (κ3) is 4.32. The predicted octanol–water partition coefficient (Wildman–Crippen LogP) is 4.17. The van der Waals surface area contributed by atoms with Crippen LogP contribution in [0.1, 0.15) is 22.8 Å². The van der Waals surface area contributed by atoms with Gasteiger partial charge in [-0.1, -0.05) is 11.6 Å². The lowest BCUT2D eigenvalue weighted by Gasteiger charge is -2.27. The molecule has 1 aromatic carbocycles. The normalized spacial score (nSPS) is 14.5. The van der Waals surface area contributed by atoms with Crippen LogP contribution in [0.4, 0.5) is 18.9 Å². The van der Waals surface area contributed by atoms with Crippen molar-refractivity contribution >= 4 is 17.3 Å². The Hall–Kier alpha value is -3.18. The fourth-order valence-corrected chi connectivity index (χ4v) is 3.61. The van der Waals surface area contributed by atoms with Crippen molar-refractivity contribution in [3.05, 3.63) is 78.7 Å². The standard InChI is InChI=1S/C19H14ClF3N4O4/c20-10-1-3-12(15(7-10)27(29)30)16-4-2-11(31-16)8-26-6-5-14-13(9-26)17(28)25-18(24-14)19(21,22)23/h1-4,7H,5-6,8-9H2,(H,24,25,28). The first-order valence-corrected chi connectivity index (χ1v) is 9.44. The lowest BCUT2D eigenvalue weighted by atomic mass is 10.1. The Labute approximate surface area is 177 Å². The van der Waals surface area contributed by atoms with E-state index in [1.807, 2.05) is 4.90 Å². The summed E-state index contributed by atoms with van der Waals surface area (Å²) in [5.74, 6) is -0.533. The molecule has 0 radical (unpaired) electrons. The van der Waals surface area contributed by atoms with Gasteiger partial charge in [-0.3, -0.25) is 19.8 Å². The Bertz CT molecular complexity index is 1220. The van der Waals surface area contributed by atoms with Gasteiger partial charge in [-0.25, -0.2) is 4.98 Å². The van der Waals surface area contributed by atoms with Crippen LogP contribution in [0.25, 0.3) is 11.3 Å². The van der Waals surface area contributed by atoms with Gasteiger partial charge in [-0.2, -0.15) is 13.2 Å². The van der Waals surface area contributed by atoms with E-state index in [0.29, 0.717) is 12.3 Å². The topological polar surface area (TPSA) is 105 Å². The minimum Gasteiger partial charge on any atom is -0.459 e. The number of nitrogens with zero attached hydrogens (tertiary/aromatic N) is 3. The number of fused-ring (bicyclic) bond motifs is 1. The summed E-state index contributed by atoms with van der Waals surface area (Å²) in [5, 5.41) is 11.5. The maximum Gasteiger partial charge on any atom is 0.449 e. The third-order valence-electron chi connectivity index (χ3n) is 4.88. The monoisotopic (exact) mass is 454 g/mol. The number of furan rings is 1. The molecule has 0 fully saturated rings. The number of alkyl halides is 3. The van der Waals surface area contributed by atoms with Crippen molar-refractivity contribution < 1.29 is 22.5 Å². The molecule has 0 atom stereocenters. The summed E-state index contributed by atoms with van der Waals surface area (Å²) in [5.41, 5.74) is -0.439. The molecule has 1 N–H and O–H groups in total. The second-order valence-corrected chi connectivity index (χ2v) is 7.42. The van der Waals surface area contributed by atoms with E-state index in [2.05, 4.69) is 4.98 Å². The van der Waals surface area contributed by atoms with Crippen molar-refractivity contribution in [2.24, 2.45) is 0 Å². The first-order valence-electron chi connectivity index (χ1n) is 9.06. The fourth-order valence-electron chi connectivity index (χ4n) is 3.44. The van der Waals surface area contributed by atoms with E-state index in [1.54, 1.807) is 17.1 Å². The summed E-state index contributed by atoms with van der Waals surface area (Å²) in [6.45, 7) is 0.742. The molecule has 0 spiro atoms. The molecule has 0 saturated carbocycles. The summed E-state index contributed by atoms with van der Waals surface area (Å²) >= 11 is 5.83. The minimum absolute atomic E-state index is 0.104. The van der Waals surface area contributed by atoms with E-state index in [0.717, 1.165) is 0 Å². The first kappa shape index (κ1) is 21.1. The van der Waals surface area contributed by atoms with Crippen LogP contribution in [0.5, 0.6) is 0 Å². The SMILES string of the molecule is O=c1[nH]c(C(F)(F)F)nc2c1CN(Cc1ccc(-c3ccc(Cl)cc3[N+](=O)[O-])o1)CC2. The second kappa shape index (κ2) is 7.82. The smallest absolute Gasteiger partial charge is 0.449 e. The number of rotatable bonds is 4. The molecule has 0 amide bonds. The highest BCUT2D eigenvalue weighted by Gasteiger charge is 2.36. The molecule has 0 unspecified atom stereocenters. The van der Waals surface area contributed by atoms with E-state index >= 15 is 0 Å². The van der Waals surface area contributed by atoms with Gasteiger partial charge in [0.2, 0.25) is 5.82 Å². The number of hydrogen-bond donors (Lipinski definition) is 1. The Kier molecular flexibility index (Phi) is 5.31. The van der Waals surface area contributed by atoms with E-state index in [9.17, 15) is 28.1 Å². The zero-order valence-electron chi connectivity index (χ0n) is 15.7. The number of aromatic amines is 1. The molecule has 3 aromatic rings. The molecule has 162 valence electrons. The van der Waals surface area contributed by atoms with Crippen LogP contribution in [-0.4, -0.2) is 26.3 Å². The van der Waals surface area contributed by atoms with Gasteiger partial charge in [0.1, 0.15) is 11.5 Å². The largest absolute Gasteiger partial charge is 0.459 e. The quantitative estimate of drug-likeness (QED) is 0.468. The van der Waals surface area contributed by atoms with E-state index in [-0.39, 0.29) is 52.8 Å². The van der Waals surface area contributed by atoms with Gasteiger partial charge in [0.15, 0.2) is 0 Å². The number of halogens is 4. The van der Waals surface area contributed by atoms with Gasteiger partial charge >= 0.3 is 6.18 Å². The number of benzene rings is 1. The number of nitro benzene ring substituents is 1. The Morgan fingerprint density at radius 2 is 2.06 bits per heavy atom. The minimum atomic E-state index is -4.72. The number of nitrogens with one attached hydrogen (secondary N) is 1. The van der Waals surface area contributed by atoms with E-state index < -0.39 is 22.5 Å². The maximum absolute atomic E-state index is 12.8.